The maximum atomic E-state index is 4.81. The fourth-order valence-electron chi connectivity index (χ4n) is 10.1. The van der Waals surface area contributed by atoms with Crippen molar-refractivity contribution >= 4 is 38.9 Å². The molecule has 0 N–H and O–H groups in total. The fraction of sp³-hybridized carbons (Fsp3) is 0.0328. The Labute approximate surface area is 373 Å². The van der Waals surface area contributed by atoms with Crippen molar-refractivity contribution in [2.45, 2.75) is 12.3 Å². The van der Waals surface area contributed by atoms with Gasteiger partial charge in [0, 0.05) is 39.4 Å². The van der Waals surface area contributed by atoms with Gasteiger partial charge < -0.3 is 4.90 Å². The lowest BCUT2D eigenvalue weighted by Crippen LogP contribution is -2.22. The van der Waals surface area contributed by atoms with E-state index in [1.165, 1.54) is 66.4 Å². The van der Waals surface area contributed by atoms with E-state index in [9.17, 15) is 0 Å². The van der Waals surface area contributed by atoms with Crippen LogP contribution in [0.4, 0.5) is 17.1 Å². The van der Waals surface area contributed by atoms with Gasteiger partial charge in [-0.1, -0.05) is 170 Å². The van der Waals surface area contributed by atoms with Gasteiger partial charge in [0.15, 0.2) is 0 Å². The van der Waals surface area contributed by atoms with Crippen molar-refractivity contribution in [2.75, 3.05) is 4.90 Å². The van der Waals surface area contributed by atoms with Gasteiger partial charge in [-0.25, -0.2) is 4.98 Å². The third kappa shape index (κ3) is 6.16. The van der Waals surface area contributed by atoms with Crippen molar-refractivity contribution in [1.29, 1.82) is 0 Å². The van der Waals surface area contributed by atoms with E-state index in [1.54, 1.807) is 0 Å². The Kier molecular flexibility index (Phi) is 8.94. The molecule has 2 aromatic heterocycles. The van der Waals surface area contributed by atoms with Crippen LogP contribution in [-0.2, 0) is 5.41 Å². The summed E-state index contributed by atoms with van der Waals surface area (Å²) in [6, 6.07) is 85.9. The Hall–Kier alpha value is -8.27. The molecule has 0 unspecified atom stereocenters. The molecule has 0 radical (unpaired) electrons. The van der Waals surface area contributed by atoms with E-state index in [0.29, 0.717) is 0 Å². The van der Waals surface area contributed by atoms with Gasteiger partial charge in [-0.2, -0.15) is 0 Å². The molecule has 9 aromatic carbocycles. The summed E-state index contributed by atoms with van der Waals surface area (Å²) in [6.45, 7) is 2.38. The zero-order valence-corrected chi connectivity index (χ0v) is 35.4. The summed E-state index contributed by atoms with van der Waals surface area (Å²) in [4.78, 5) is 7.18. The third-order valence-electron chi connectivity index (χ3n) is 13.4. The molecule has 302 valence electrons. The largest absolute Gasteiger partial charge is 0.311 e. The molecule has 1 aliphatic carbocycles. The Morgan fingerprint density at radius 3 is 1.44 bits per heavy atom. The highest BCUT2D eigenvalue weighted by molar-refractivity contribution is 6.11. The Morgan fingerprint density at radius 2 is 0.844 bits per heavy atom. The Morgan fingerprint density at radius 1 is 0.375 bits per heavy atom. The molecular weight excluding hydrogens is 775 g/mol. The van der Waals surface area contributed by atoms with Crippen LogP contribution in [0, 0.1) is 0 Å². The van der Waals surface area contributed by atoms with E-state index < -0.39 is 0 Å². The number of aromatic nitrogens is 2. The van der Waals surface area contributed by atoms with Crippen LogP contribution in [0.2, 0.25) is 0 Å². The highest BCUT2D eigenvalue weighted by atomic mass is 15.1. The van der Waals surface area contributed by atoms with Crippen molar-refractivity contribution in [2.24, 2.45) is 0 Å². The number of hydrogen-bond donors (Lipinski definition) is 0. The molecule has 2 heterocycles. The first kappa shape index (κ1) is 37.5. The van der Waals surface area contributed by atoms with Gasteiger partial charge in [-0.05, 0) is 135 Å². The third-order valence-corrected chi connectivity index (χ3v) is 13.4. The van der Waals surface area contributed by atoms with E-state index >= 15 is 0 Å². The quantitative estimate of drug-likeness (QED) is 0.152. The van der Waals surface area contributed by atoms with Crippen LogP contribution in [0.15, 0.2) is 243 Å². The average molecular weight is 818 g/mol. The number of anilines is 3. The maximum absolute atomic E-state index is 4.81. The first-order valence-corrected chi connectivity index (χ1v) is 22.0. The van der Waals surface area contributed by atoms with Crippen LogP contribution in [0.1, 0.15) is 23.6 Å². The number of pyridine rings is 1. The average Bonchev–Trinajstić information content (AvgIpc) is 3.84. The highest BCUT2D eigenvalue weighted by Gasteiger charge is 2.40. The normalized spacial score (nSPS) is 12.6. The van der Waals surface area contributed by atoms with Crippen molar-refractivity contribution < 1.29 is 0 Å². The molecule has 0 fully saturated rings. The number of rotatable bonds is 8. The molecule has 0 aliphatic heterocycles. The molecule has 0 atom stereocenters. The molecular formula is C61H43N3. The summed E-state index contributed by atoms with van der Waals surface area (Å²) < 4.78 is 2.29. The number of benzene rings is 9. The molecule has 0 amide bonds. The summed E-state index contributed by atoms with van der Waals surface area (Å²) in [6.07, 6.45) is 1.87. The minimum atomic E-state index is -0.259. The van der Waals surface area contributed by atoms with Crippen LogP contribution in [0.3, 0.4) is 0 Å². The summed E-state index contributed by atoms with van der Waals surface area (Å²) in [5, 5.41) is 2.40. The number of fused-ring (bicyclic) bond motifs is 6. The molecule has 1 aliphatic rings. The van der Waals surface area contributed by atoms with Crippen molar-refractivity contribution in [1.82, 2.24) is 9.55 Å². The van der Waals surface area contributed by atoms with Gasteiger partial charge >= 0.3 is 0 Å². The first-order valence-electron chi connectivity index (χ1n) is 22.0. The van der Waals surface area contributed by atoms with E-state index in [0.717, 1.165) is 39.5 Å². The molecule has 0 bridgehead atoms. The van der Waals surface area contributed by atoms with Crippen LogP contribution >= 0.6 is 0 Å². The van der Waals surface area contributed by atoms with E-state index in [1.807, 2.05) is 12.3 Å². The minimum absolute atomic E-state index is 0.259. The molecule has 3 nitrogen and oxygen atoms in total. The van der Waals surface area contributed by atoms with Gasteiger partial charge in [0.05, 0.1) is 11.0 Å². The van der Waals surface area contributed by atoms with E-state index in [2.05, 4.69) is 247 Å². The smallest absolute Gasteiger partial charge is 0.137 e. The molecule has 12 rings (SSSR count). The lowest BCUT2D eigenvalue weighted by atomic mass is 9.74. The summed E-state index contributed by atoms with van der Waals surface area (Å²) >= 11 is 0. The van der Waals surface area contributed by atoms with E-state index in [-0.39, 0.29) is 5.41 Å². The lowest BCUT2D eigenvalue weighted by Gasteiger charge is -2.30. The van der Waals surface area contributed by atoms with Gasteiger partial charge in [-0.3, -0.25) is 4.57 Å². The van der Waals surface area contributed by atoms with Gasteiger partial charge in [-0.15, -0.1) is 0 Å². The lowest BCUT2D eigenvalue weighted by molar-refractivity contribution is 0.714. The van der Waals surface area contributed by atoms with Crippen molar-refractivity contribution in [3.8, 4) is 50.3 Å². The molecule has 11 aromatic rings. The van der Waals surface area contributed by atoms with Crippen molar-refractivity contribution in [3.63, 3.8) is 0 Å². The number of nitrogens with zero attached hydrogens (tertiary/aromatic N) is 3. The summed E-state index contributed by atoms with van der Waals surface area (Å²) in [5.41, 5.74) is 19.0. The standard InChI is InChI=1S/C61H43N3/c1-61(56-20-10-8-18-52(56)53-19-9-11-21-57(53)61)48-29-35-51(36-30-48)63(49-31-23-44(24-32-49)42-14-4-2-5-15-42)50-33-25-45(26-34-50)46-28-38-58-55(40-46)54-37-27-47(43-16-6-3-7-17-43)41-59(54)64(58)60-22-12-13-39-62-60/h2-41H,1H3. The zero-order chi connectivity index (χ0) is 42.6. The molecule has 0 saturated heterocycles. The minimum Gasteiger partial charge on any atom is -0.311 e. The predicted molar refractivity (Wildman–Crippen MR) is 267 cm³/mol. The second kappa shape index (κ2) is 15.3. The molecule has 64 heavy (non-hydrogen) atoms. The van der Waals surface area contributed by atoms with Gasteiger partial charge in [0.2, 0.25) is 0 Å². The van der Waals surface area contributed by atoms with Crippen molar-refractivity contribution in [3.05, 3.63) is 259 Å². The van der Waals surface area contributed by atoms with Crippen LogP contribution < -0.4 is 4.90 Å². The van der Waals surface area contributed by atoms with Gasteiger partial charge in [0.25, 0.3) is 0 Å². The molecule has 3 heteroatoms. The highest BCUT2D eigenvalue weighted by Crippen LogP contribution is 2.52. The summed E-state index contributed by atoms with van der Waals surface area (Å²) in [7, 11) is 0. The van der Waals surface area contributed by atoms with Gasteiger partial charge in [0.1, 0.15) is 5.82 Å². The van der Waals surface area contributed by atoms with Crippen LogP contribution in [0.25, 0.3) is 72.1 Å². The van der Waals surface area contributed by atoms with Crippen LogP contribution in [-0.4, -0.2) is 9.55 Å². The van der Waals surface area contributed by atoms with Crippen LogP contribution in [0.5, 0.6) is 0 Å². The second-order valence-electron chi connectivity index (χ2n) is 16.9. The topological polar surface area (TPSA) is 21.1 Å². The number of hydrogen-bond acceptors (Lipinski definition) is 2. The molecule has 0 spiro atoms. The fourth-order valence-corrected chi connectivity index (χ4v) is 10.1. The Balaban J connectivity index is 0.939. The maximum Gasteiger partial charge on any atom is 0.137 e. The monoisotopic (exact) mass is 817 g/mol. The molecule has 0 saturated carbocycles. The van der Waals surface area contributed by atoms with E-state index in [4.69, 9.17) is 4.98 Å². The first-order chi connectivity index (χ1) is 31.6. The second-order valence-corrected chi connectivity index (χ2v) is 16.9. The SMILES string of the molecule is CC1(c2ccc(N(c3ccc(-c4ccccc4)cc3)c3ccc(-c4ccc5c(c4)c4ccc(-c6ccccc6)cc4n5-c4ccccn4)cc3)cc2)c2ccccc2-c2ccccc21. The Bertz CT molecular complexity index is 3420. The predicted octanol–water partition coefficient (Wildman–Crippen LogP) is 16.0. The summed E-state index contributed by atoms with van der Waals surface area (Å²) in [5.74, 6) is 0.904. The zero-order valence-electron chi connectivity index (χ0n) is 35.4.